The standard InChI is InChI=1S/C18H15F3N2O3S/c1-13(14-7-9-16(10-8-14)26-18(19,20)21)27(24,25)17-22-11-12-23(17)15-5-3-2-4-6-15/h2-13H,1H3/t13-/m1/s1. The van der Waals surface area contributed by atoms with E-state index in [2.05, 4.69) is 9.72 Å². The summed E-state index contributed by atoms with van der Waals surface area (Å²) in [5.41, 5.74) is 0.960. The highest BCUT2D eigenvalue weighted by Gasteiger charge is 2.32. The van der Waals surface area contributed by atoms with Crippen LogP contribution in [0.25, 0.3) is 5.69 Å². The first-order valence-electron chi connectivity index (χ1n) is 7.87. The average Bonchev–Trinajstić information content (AvgIpc) is 3.12. The van der Waals surface area contributed by atoms with E-state index < -0.39 is 27.2 Å². The molecule has 0 unspecified atom stereocenters. The number of ether oxygens (including phenoxy) is 1. The quantitative estimate of drug-likeness (QED) is 0.645. The zero-order chi connectivity index (χ0) is 19.7. The predicted octanol–water partition coefficient (Wildman–Crippen LogP) is 4.31. The van der Waals surface area contributed by atoms with Crippen molar-refractivity contribution in [2.45, 2.75) is 23.7 Å². The fourth-order valence-electron chi connectivity index (χ4n) is 2.56. The molecule has 5 nitrogen and oxygen atoms in total. The minimum Gasteiger partial charge on any atom is -0.406 e. The van der Waals surface area contributed by atoms with Crippen molar-refractivity contribution >= 4 is 9.84 Å². The maximum atomic E-state index is 13.0. The zero-order valence-electron chi connectivity index (χ0n) is 14.1. The zero-order valence-corrected chi connectivity index (χ0v) is 14.9. The van der Waals surface area contributed by atoms with Crippen LogP contribution < -0.4 is 4.74 Å². The van der Waals surface area contributed by atoms with Crippen LogP contribution in [0.1, 0.15) is 17.7 Å². The summed E-state index contributed by atoms with van der Waals surface area (Å²) >= 11 is 0. The highest BCUT2D eigenvalue weighted by Crippen LogP contribution is 2.31. The van der Waals surface area contributed by atoms with E-state index in [1.807, 2.05) is 6.07 Å². The Bertz CT molecular complexity index is 1010. The molecule has 2 aromatic carbocycles. The van der Waals surface area contributed by atoms with Crippen LogP contribution in [0.3, 0.4) is 0 Å². The molecule has 1 aromatic heterocycles. The minimum atomic E-state index is -4.81. The number of alkyl halides is 3. The molecule has 0 amide bonds. The van der Waals surface area contributed by atoms with Crippen molar-refractivity contribution in [1.29, 1.82) is 0 Å². The first-order valence-corrected chi connectivity index (χ1v) is 9.41. The Morgan fingerprint density at radius 1 is 1.04 bits per heavy atom. The monoisotopic (exact) mass is 396 g/mol. The van der Waals surface area contributed by atoms with Crippen LogP contribution in [0.2, 0.25) is 0 Å². The van der Waals surface area contributed by atoms with Crippen LogP contribution >= 0.6 is 0 Å². The van der Waals surface area contributed by atoms with E-state index in [1.165, 1.54) is 36.0 Å². The molecule has 3 aromatic rings. The van der Waals surface area contributed by atoms with Crippen molar-refractivity contribution in [3.05, 3.63) is 72.6 Å². The van der Waals surface area contributed by atoms with E-state index in [4.69, 9.17) is 0 Å². The summed E-state index contributed by atoms with van der Waals surface area (Å²) in [7, 11) is -3.89. The van der Waals surface area contributed by atoms with Gasteiger partial charge in [-0.2, -0.15) is 0 Å². The van der Waals surface area contributed by atoms with E-state index >= 15 is 0 Å². The van der Waals surface area contributed by atoms with Gasteiger partial charge in [0.1, 0.15) is 5.75 Å². The summed E-state index contributed by atoms with van der Waals surface area (Å²) < 4.78 is 68.0. The lowest BCUT2D eigenvalue weighted by Gasteiger charge is -2.15. The molecule has 1 heterocycles. The summed E-state index contributed by atoms with van der Waals surface area (Å²) in [4.78, 5) is 3.98. The van der Waals surface area contributed by atoms with Crippen LogP contribution in [-0.4, -0.2) is 24.3 Å². The van der Waals surface area contributed by atoms with Gasteiger partial charge in [-0.1, -0.05) is 30.3 Å². The molecule has 0 radical (unpaired) electrons. The van der Waals surface area contributed by atoms with Gasteiger partial charge in [0.2, 0.25) is 15.0 Å². The lowest BCUT2D eigenvalue weighted by Crippen LogP contribution is -2.17. The van der Waals surface area contributed by atoms with E-state index in [0.29, 0.717) is 11.3 Å². The van der Waals surface area contributed by atoms with Crippen molar-refractivity contribution < 1.29 is 26.3 Å². The molecule has 0 bridgehead atoms. The third-order valence-electron chi connectivity index (χ3n) is 3.94. The Hall–Kier alpha value is -2.81. The van der Waals surface area contributed by atoms with E-state index in [9.17, 15) is 21.6 Å². The third kappa shape index (κ3) is 4.13. The van der Waals surface area contributed by atoms with Crippen LogP contribution in [-0.2, 0) is 9.84 Å². The van der Waals surface area contributed by atoms with Crippen molar-refractivity contribution in [2.24, 2.45) is 0 Å². The largest absolute Gasteiger partial charge is 0.573 e. The number of rotatable bonds is 5. The fraction of sp³-hybridized carbons (Fsp3) is 0.167. The summed E-state index contributed by atoms with van der Waals surface area (Å²) in [5, 5.41) is -1.15. The molecule has 0 saturated carbocycles. The second-order valence-electron chi connectivity index (χ2n) is 5.72. The molecule has 1 atom stereocenters. The number of hydrogen-bond acceptors (Lipinski definition) is 4. The second kappa shape index (κ2) is 7.07. The lowest BCUT2D eigenvalue weighted by molar-refractivity contribution is -0.274. The number of aromatic nitrogens is 2. The van der Waals surface area contributed by atoms with Crippen LogP contribution in [0.15, 0.2) is 72.1 Å². The molecule has 142 valence electrons. The molecule has 0 fully saturated rings. The predicted molar refractivity (Wildman–Crippen MR) is 92.3 cm³/mol. The van der Waals surface area contributed by atoms with Gasteiger partial charge in [0.15, 0.2) is 0 Å². The van der Waals surface area contributed by atoms with Gasteiger partial charge in [-0.15, -0.1) is 13.2 Å². The van der Waals surface area contributed by atoms with Gasteiger partial charge in [0, 0.05) is 18.1 Å². The van der Waals surface area contributed by atoms with Crippen LogP contribution in [0.5, 0.6) is 5.75 Å². The Balaban J connectivity index is 1.91. The van der Waals surface area contributed by atoms with Crippen molar-refractivity contribution in [2.75, 3.05) is 0 Å². The SMILES string of the molecule is C[C@H](c1ccc(OC(F)(F)F)cc1)S(=O)(=O)c1nccn1-c1ccccc1. The molecule has 3 rings (SSSR count). The molecule has 0 saturated heterocycles. The summed E-state index contributed by atoms with van der Waals surface area (Å²) in [6, 6.07) is 13.6. The Labute approximate surface area is 154 Å². The maximum Gasteiger partial charge on any atom is 0.573 e. The number of para-hydroxylation sites is 1. The fourth-order valence-corrected chi connectivity index (χ4v) is 4.04. The van der Waals surface area contributed by atoms with Gasteiger partial charge in [-0.25, -0.2) is 13.4 Å². The molecule has 27 heavy (non-hydrogen) atoms. The molecule has 0 N–H and O–H groups in total. The van der Waals surface area contributed by atoms with Crippen molar-refractivity contribution in [3.63, 3.8) is 0 Å². The maximum absolute atomic E-state index is 13.0. The third-order valence-corrected chi connectivity index (χ3v) is 5.96. The normalized spacial score (nSPS) is 13.3. The molecular weight excluding hydrogens is 381 g/mol. The van der Waals surface area contributed by atoms with Gasteiger partial charge in [-0.05, 0) is 36.8 Å². The molecule has 0 aliphatic rings. The number of halogens is 3. The molecule has 0 aliphatic heterocycles. The molecule has 0 aliphatic carbocycles. The number of nitrogens with zero attached hydrogens (tertiary/aromatic N) is 2. The summed E-state index contributed by atoms with van der Waals surface area (Å²) in [5.74, 6) is -0.415. The van der Waals surface area contributed by atoms with E-state index in [-0.39, 0.29) is 5.16 Å². The first kappa shape index (κ1) is 19.0. The Kier molecular flexibility index (Phi) is 4.97. The molecular formula is C18H15F3N2O3S. The van der Waals surface area contributed by atoms with Crippen LogP contribution in [0.4, 0.5) is 13.2 Å². The van der Waals surface area contributed by atoms with Gasteiger partial charge in [-0.3, -0.25) is 4.57 Å². The number of sulfone groups is 1. The van der Waals surface area contributed by atoms with E-state index in [1.54, 1.807) is 24.3 Å². The highest BCUT2D eigenvalue weighted by atomic mass is 32.2. The Morgan fingerprint density at radius 2 is 1.67 bits per heavy atom. The first-order chi connectivity index (χ1) is 12.7. The van der Waals surface area contributed by atoms with Crippen LogP contribution in [0, 0.1) is 0 Å². The summed E-state index contributed by atoms with van der Waals surface area (Å²) in [6.07, 6.45) is -1.89. The second-order valence-corrected chi connectivity index (χ2v) is 7.88. The van der Waals surface area contributed by atoms with Gasteiger partial charge in [0.25, 0.3) is 0 Å². The number of hydrogen-bond donors (Lipinski definition) is 0. The molecule has 0 spiro atoms. The van der Waals surface area contributed by atoms with Crippen molar-refractivity contribution in [1.82, 2.24) is 9.55 Å². The van der Waals surface area contributed by atoms with Gasteiger partial charge in [0.05, 0.1) is 5.25 Å². The minimum absolute atomic E-state index is 0.142. The number of benzene rings is 2. The summed E-state index contributed by atoms with van der Waals surface area (Å²) in [6.45, 7) is 1.46. The van der Waals surface area contributed by atoms with E-state index in [0.717, 1.165) is 12.1 Å². The number of imidazole rings is 1. The highest BCUT2D eigenvalue weighted by molar-refractivity contribution is 7.91. The Morgan fingerprint density at radius 3 is 2.26 bits per heavy atom. The topological polar surface area (TPSA) is 61.2 Å². The van der Waals surface area contributed by atoms with Crippen molar-refractivity contribution in [3.8, 4) is 11.4 Å². The smallest absolute Gasteiger partial charge is 0.406 e. The lowest BCUT2D eigenvalue weighted by atomic mass is 10.2. The van der Waals surface area contributed by atoms with Gasteiger partial charge < -0.3 is 4.74 Å². The van der Waals surface area contributed by atoms with Gasteiger partial charge >= 0.3 is 6.36 Å². The molecule has 9 heteroatoms. The average molecular weight is 396 g/mol.